The normalized spacial score (nSPS) is 19.6. The lowest BCUT2D eigenvalue weighted by atomic mass is 10.4. The van der Waals surface area contributed by atoms with E-state index in [1.54, 1.807) is 11.6 Å². The molecule has 1 aromatic heterocycles. The van der Waals surface area contributed by atoms with Crippen molar-refractivity contribution in [1.29, 1.82) is 4.78 Å². The van der Waals surface area contributed by atoms with Gasteiger partial charge in [0.1, 0.15) is 14.8 Å². The van der Waals surface area contributed by atoms with Gasteiger partial charge in [-0.05, 0) is 6.92 Å². The Kier molecular flexibility index (Phi) is 2.00. The SMILES string of the molecule is Cc1nn2c(c1S(=N)(N)=O)OCCC2. The van der Waals surface area contributed by atoms with Crippen LogP contribution in [0.5, 0.6) is 5.88 Å². The van der Waals surface area contributed by atoms with E-state index >= 15 is 0 Å². The number of hydrogen-bond donors (Lipinski definition) is 2. The first-order chi connectivity index (χ1) is 6.50. The molecule has 0 fully saturated rings. The molecule has 0 amide bonds. The monoisotopic (exact) mass is 216 g/mol. The van der Waals surface area contributed by atoms with Gasteiger partial charge in [-0.3, -0.25) is 0 Å². The Hall–Kier alpha value is -1.08. The average Bonchev–Trinajstić information content (AvgIpc) is 2.38. The van der Waals surface area contributed by atoms with E-state index in [9.17, 15) is 4.21 Å². The van der Waals surface area contributed by atoms with Crippen LogP contribution in [0.15, 0.2) is 4.90 Å². The zero-order chi connectivity index (χ0) is 10.3. The van der Waals surface area contributed by atoms with Gasteiger partial charge in [-0.1, -0.05) is 0 Å². The summed E-state index contributed by atoms with van der Waals surface area (Å²) in [4.78, 5) is 0.234. The molecule has 0 radical (unpaired) electrons. The Morgan fingerprint density at radius 1 is 1.71 bits per heavy atom. The molecule has 0 aromatic carbocycles. The van der Waals surface area contributed by atoms with Gasteiger partial charge in [0.15, 0.2) is 0 Å². The van der Waals surface area contributed by atoms with Crippen LogP contribution < -0.4 is 9.88 Å². The number of nitrogens with two attached hydrogens (primary N) is 1. The molecule has 78 valence electrons. The van der Waals surface area contributed by atoms with Crippen molar-refractivity contribution in [3.8, 4) is 5.88 Å². The lowest BCUT2D eigenvalue weighted by molar-refractivity contribution is 0.224. The van der Waals surface area contributed by atoms with E-state index in [0.29, 0.717) is 18.2 Å². The number of ether oxygens (including phenoxy) is 1. The van der Waals surface area contributed by atoms with Crippen molar-refractivity contribution in [2.24, 2.45) is 5.14 Å². The highest BCUT2D eigenvalue weighted by molar-refractivity contribution is 7.90. The van der Waals surface area contributed by atoms with Crippen LogP contribution in [0.25, 0.3) is 0 Å². The third-order valence-electron chi connectivity index (χ3n) is 2.08. The van der Waals surface area contributed by atoms with Crippen molar-refractivity contribution in [2.75, 3.05) is 6.61 Å². The fourth-order valence-electron chi connectivity index (χ4n) is 1.57. The summed E-state index contributed by atoms with van der Waals surface area (Å²) in [7, 11) is -3.24. The number of nitrogens with one attached hydrogen (secondary N) is 1. The molecular weight excluding hydrogens is 204 g/mol. The predicted molar refractivity (Wildman–Crippen MR) is 50.4 cm³/mol. The maximum Gasteiger partial charge on any atom is 0.231 e. The number of fused-ring (bicyclic) bond motifs is 1. The maximum absolute atomic E-state index is 11.5. The Bertz CT molecular complexity index is 462. The molecule has 1 atom stereocenters. The summed E-state index contributed by atoms with van der Waals surface area (Å²) in [5.41, 5.74) is 0.518. The third kappa shape index (κ3) is 1.38. The number of aryl methyl sites for hydroxylation is 2. The molecule has 0 bridgehead atoms. The highest BCUT2D eigenvalue weighted by Crippen LogP contribution is 2.28. The average molecular weight is 216 g/mol. The second kappa shape index (κ2) is 2.96. The molecule has 1 unspecified atom stereocenters. The smallest absolute Gasteiger partial charge is 0.231 e. The fourth-order valence-corrected chi connectivity index (χ4v) is 2.47. The molecule has 1 aliphatic heterocycles. The second-order valence-electron chi connectivity index (χ2n) is 3.25. The third-order valence-corrected chi connectivity index (χ3v) is 3.16. The molecular formula is C7H12N4O2S. The van der Waals surface area contributed by atoms with Crippen LogP contribution in [0.3, 0.4) is 0 Å². The van der Waals surface area contributed by atoms with E-state index in [4.69, 9.17) is 14.7 Å². The first kappa shape index (κ1) is 9.47. The predicted octanol–water partition coefficient (Wildman–Crippen LogP) is 0.253. The summed E-state index contributed by atoms with van der Waals surface area (Å²) in [6.45, 7) is 2.98. The van der Waals surface area contributed by atoms with Crippen LogP contribution in [0.4, 0.5) is 0 Å². The Balaban J connectivity index is 2.65. The van der Waals surface area contributed by atoms with Crippen LogP contribution in [-0.2, 0) is 16.5 Å². The summed E-state index contributed by atoms with van der Waals surface area (Å²) in [6.07, 6.45) is 0.872. The zero-order valence-corrected chi connectivity index (χ0v) is 8.63. The van der Waals surface area contributed by atoms with E-state index in [1.807, 2.05) is 0 Å². The standard InChI is InChI=1S/C7H12N4O2S/c1-5-6(14(8,9)12)7-11(10-5)3-2-4-13-7/h2-4H2,1H3,(H3,8,9,12). The van der Waals surface area contributed by atoms with Crippen LogP contribution >= 0.6 is 0 Å². The van der Waals surface area contributed by atoms with Gasteiger partial charge in [0.05, 0.1) is 12.3 Å². The van der Waals surface area contributed by atoms with Gasteiger partial charge >= 0.3 is 0 Å². The summed E-state index contributed by atoms with van der Waals surface area (Å²) >= 11 is 0. The van der Waals surface area contributed by atoms with Crippen molar-refractivity contribution in [3.05, 3.63) is 5.69 Å². The van der Waals surface area contributed by atoms with Crippen LogP contribution in [0.1, 0.15) is 12.1 Å². The van der Waals surface area contributed by atoms with Gasteiger partial charge in [0.25, 0.3) is 0 Å². The quantitative estimate of drug-likeness (QED) is 0.704. The van der Waals surface area contributed by atoms with E-state index in [1.165, 1.54) is 0 Å². The van der Waals surface area contributed by atoms with Crippen LogP contribution in [0.2, 0.25) is 0 Å². The number of aromatic nitrogens is 2. The number of hydrogen-bond acceptors (Lipinski definition) is 4. The molecule has 0 saturated heterocycles. The summed E-state index contributed by atoms with van der Waals surface area (Å²) < 4.78 is 25.7. The Labute approximate surface area is 82.1 Å². The first-order valence-electron chi connectivity index (χ1n) is 4.27. The van der Waals surface area contributed by atoms with E-state index in [2.05, 4.69) is 5.10 Å². The van der Waals surface area contributed by atoms with Crippen molar-refractivity contribution in [2.45, 2.75) is 24.8 Å². The van der Waals surface area contributed by atoms with E-state index in [0.717, 1.165) is 13.0 Å². The summed E-state index contributed by atoms with van der Waals surface area (Å²) in [5, 5.41) is 9.42. The largest absolute Gasteiger partial charge is 0.477 e. The molecule has 0 aliphatic carbocycles. The first-order valence-corrected chi connectivity index (χ1v) is 5.89. The molecule has 1 aliphatic rings. The topological polar surface area (TPSA) is 94.0 Å². The molecule has 2 rings (SSSR count). The molecule has 6 nitrogen and oxygen atoms in total. The van der Waals surface area contributed by atoms with Crippen molar-refractivity contribution in [3.63, 3.8) is 0 Å². The van der Waals surface area contributed by atoms with Gasteiger partial charge in [-0.25, -0.2) is 18.8 Å². The van der Waals surface area contributed by atoms with Crippen molar-refractivity contribution < 1.29 is 8.95 Å². The highest BCUT2D eigenvalue weighted by Gasteiger charge is 2.24. The molecule has 2 heterocycles. The Morgan fingerprint density at radius 2 is 2.43 bits per heavy atom. The maximum atomic E-state index is 11.5. The molecule has 0 spiro atoms. The van der Waals surface area contributed by atoms with Gasteiger partial charge in [0.2, 0.25) is 5.88 Å². The zero-order valence-electron chi connectivity index (χ0n) is 7.82. The number of rotatable bonds is 1. The van der Waals surface area contributed by atoms with E-state index < -0.39 is 9.92 Å². The van der Waals surface area contributed by atoms with E-state index in [-0.39, 0.29) is 4.90 Å². The van der Waals surface area contributed by atoms with Gasteiger partial charge in [-0.15, -0.1) is 0 Å². The molecule has 7 heteroatoms. The molecule has 14 heavy (non-hydrogen) atoms. The van der Waals surface area contributed by atoms with Gasteiger partial charge in [-0.2, -0.15) is 5.10 Å². The second-order valence-corrected chi connectivity index (χ2v) is 4.86. The van der Waals surface area contributed by atoms with Crippen molar-refractivity contribution >= 4 is 9.92 Å². The number of nitrogens with zero attached hydrogens (tertiary/aromatic N) is 2. The lowest BCUT2D eigenvalue weighted by Gasteiger charge is -2.15. The summed E-state index contributed by atoms with van der Waals surface area (Å²) in [6, 6.07) is 0. The van der Waals surface area contributed by atoms with Crippen LogP contribution in [-0.4, -0.2) is 20.6 Å². The minimum absolute atomic E-state index is 0.234. The minimum atomic E-state index is -3.24. The van der Waals surface area contributed by atoms with Gasteiger partial charge < -0.3 is 4.74 Å². The highest BCUT2D eigenvalue weighted by atomic mass is 32.2. The van der Waals surface area contributed by atoms with Crippen molar-refractivity contribution in [1.82, 2.24) is 9.78 Å². The Morgan fingerprint density at radius 3 is 3.07 bits per heavy atom. The fraction of sp³-hybridized carbons (Fsp3) is 0.571. The minimum Gasteiger partial charge on any atom is -0.477 e. The molecule has 0 saturated carbocycles. The lowest BCUT2D eigenvalue weighted by Crippen LogP contribution is -2.18. The van der Waals surface area contributed by atoms with Crippen LogP contribution in [0, 0.1) is 11.7 Å². The van der Waals surface area contributed by atoms with Gasteiger partial charge in [0, 0.05) is 13.0 Å². The summed E-state index contributed by atoms with van der Waals surface area (Å²) in [5.74, 6) is 0.399. The molecule has 3 N–H and O–H groups in total. The molecule has 1 aromatic rings.